The van der Waals surface area contributed by atoms with Crippen molar-refractivity contribution in [2.75, 3.05) is 6.54 Å². The van der Waals surface area contributed by atoms with E-state index in [0.717, 1.165) is 24.1 Å². The highest BCUT2D eigenvalue weighted by Gasteiger charge is 2.14. The van der Waals surface area contributed by atoms with Crippen LogP contribution >= 0.6 is 0 Å². The van der Waals surface area contributed by atoms with E-state index in [4.69, 9.17) is 0 Å². The maximum atomic E-state index is 14.0. The zero-order chi connectivity index (χ0) is 14.1. The maximum absolute atomic E-state index is 14.0. The minimum atomic E-state index is -0.0699. The maximum Gasteiger partial charge on any atom is 0.128 e. The topological polar surface area (TPSA) is 12.0 Å². The first-order valence-electron chi connectivity index (χ1n) is 7.68. The van der Waals surface area contributed by atoms with Gasteiger partial charge >= 0.3 is 0 Å². The SMILES string of the molecule is CCCCCCCC(NCC)c1ccc(C)cc1F. The van der Waals surface area contributed by atoms with Crippen LogP contribution in [0.2, 0.25) is 0 Å². The number of hydrogen-bond donors (Lipinski definition) is 1. The molecule has 1 aromatic carbocycles. The fraction of sp³-hybridized carbons (Fsp3) is 0.647. The van der Waals surface area contributed by atoms with Crippen molar-refractivity contribution in [1.82, 2.24) is 5.32 Å². The Bertz CT molecular complexity index is 362. The number of rotatable bonds is 9. The number of unbranched alkanes of at least 4 members (excludes halogenated alkanes) is 4. The largest absolute Gasteiger partial charge is 0.310 e. The summed E-state index contributed by atoms with van der Waals surface area (Å²) >= 11 is 0. The van der Waals surface area contributed by atoms with Crippen LogP contribution in [0.3, 0.4) is 0 Å². The van der Waals surface area contributed by atoms with Gasteiger partial charge in [-0.3, -0.25) is 0 Å². The predicted molar refractivity (Wildman–Crippen MR) is 80.9 cm³/mol. The molecular formula is C17H28FN. The van der Waals surface area contributed by atoms with Crippen molar-refractivity contribution in [3.05, 3.63) is 35.1 Å². The summed E-state index contributed by atoms with van der Waals surface area (Å²) in [5, 5.41) is 3.41. The third-order valence-electron chi connectivity index (χ3n) is 3.58. The van der Waals surface area contributed by atoms with Crippen LogP contribution < -0.4 is 5.32 Å². The Morgan fingerprint density at radius 1 is 1.11 bits per heavy atom. The minimum Gasteiger partial charge on any atom is -0.310 e. The molecule has 0 aromatic heterocycles. The van der Waals surface area contributed by atoms with E-state index in [1.807, 2.05) is 19.1 Å². The predicted octanol–water partition coefficient (Wildman–Crippen LogP) is 5.15. The Kier molecular flexibility index (Phi) is 7.73. The molecule has 0 fully saturated rings. The number of hydrogen-bond acceptors (Lipinski definition) is 1. The van der Waals surface area contributed by atoms with Crippen molar-refractivity contribution in [3.63, 3.8) is 0 Å². The molecule has 1 rings (SSSR count). The molecule has 0 radical (unpaired) electrons. The highest BCUT2D eigenvalue weighted by molar-refractivity contribution is 5.26. The van der Waals surface area contributed by atoms with Gasteiger partial charge in [0, 0.05) is 11.6 Å². The van der Waals surface area contributed by atoms with E-state index in [1.165, 1.54) is 32.1 Å². The van der Waals surface area contributed by atoms with Crippen molar-refractivity contribution in [2.45, 2.75) is 65.3 Å². The molecule has 0 aliphatic heterocycles. The van der Waals surface area contributed by atoms with Crippen LogP contribution in [0.25, 0.3) is 0 Å². The lowest BCUT2D eigenvalue weighted by Crippen LogP contribution is -2.22. The van der Waals surface area contributed by atoms with Gasteiger partial charge in [-0.1, -0.05) is 58.1 Å². The lowest BCUT2D eigenvalue weighted by Gasteiger charge is -2.19. The molecule has 1 atom stereocenters. The van der Waals surface area contributed by atoms with E-state index < -0.39 is 0 Å². The second kappa shape index (κ2) is 9.08. The normalized spacial score (nSPS) is 12.6. The third kappa shape index (κ3) is 5.73. The van der Waals surface area contributed by atoms with Crippen LogP contribution in [0.1, 0.15) is 69.5 Å². The molecule has 0 aliphatic carbocycles. The highest BCUT2D eigenvalue weighted by atomic mass is 19.1. The zero-order valence-corrected chi connectivity index (χ0v) is 12.6. The summed E-state index contributed by atoms with van der Waals surface area (Å²) in [4.78, 5) is 0. The Hall–Kier alpha value is -0.890. The minimum absolute atomic E-state index is 0.0699. The number of benzene rings is 1. The highest BCUT2D eigenvalue weighted by Crippen LogP contribution is 2.23. The molecule has 1 unspecified atom stereocenters. The van der Waals surface area contributed by atoms with Gasteiger partial charge in [0.1, 0.15) is 5.82 Å². The van der Waals surface area contributed by atoms with Gasteiger partial charge in [-0.25, -0.2) is 4.39 Å². The lowest BCUT2D eigenvalue weighted by molar-refractivity contribution is 0.459. The molecule has 1 nitrogen and oxygen atoms in total. The molecule has 0 heterocycles. The standard InChI is InChI=1S/C17H28FN/c1-4-6-7-8-9-10-17(19-5-2)15-12-11-14(3)13-16(15)18/h11-13,17,19H,4-10H2,1-3H3. The zero-order valence-electron chi connectivity index (χ0n) is 12.6. The Morgan fingerprint density at radius 2 is 1.84 bits per heavy atom. The average Bonchev–Trinajstić information content (AvgIpc) is 2.38. The molecule has 0 amide bonds. The van der Waals surface area contributed by atoms with Gasteiger partial charge in [0.2, 0.25) is 0 Å². The van der Waals surface area contributed by atoms with Gasteiger partial charge in [-0.15, -0.1) is 0 Å². The fourth-order valence-electron chi connectivity index (χ4n) is 2.48. The number of aryl methyl sites for hydroxylation is 1. The van der Waals surface area contributed by atoms with Gasteiger partial charge in [0.25, 0.3) is 0 Å². The van der Waals surface area contributed by atoms with Gasteiger partial charge in [0.15, 0.2) is 0 Å². The molecule has 1 N–H and O–H groups in total. The molecule has 0 saturated carbocycles. The van der Waals surface area contributed by atoms with Crippen LogP contribution in [-0.2, 0) is 0 Å². The van der Waals surface area contributed by atoms with Crippen molar-refractivity contribution in [1.29, 1.82) is 0 Å². The summed E-state index contributed by atoms with van der Waals surface area (Å²) in [5.74, 6) is -0.0699. The van der Waals surface area contributed by atoms with Gasteiger partial charge < -0.3 is 5.32 Å². The van der Waals surface area contributed by atoms with E-state index in [1.54, 1.807) is 6.07 Å². The molecular weight excluding hydrogens is 237 g/mol. The molecule has 0 aliphatic rings. The van der Waals surface area contributed by atoms with Crippen LogP contribution in [0.15, 0.2) is 18.2 Å². The summed E-state index contributed by atoms with van der Waals surface area (Å²) in [6.45, 7) is 7.12. The summed E-state index contributed by atoms with van der Waals surface area (Å²) in [6.07, 6.45) is 7.32. The molecule has 0 saturated heterocycles. The third-order valence-corrected chi connectivity index (χ3v) is 3.58. The van der Waals surface area contributed by atoms with Crippen molar-refractivity contribution in [3.8, 4) is 0 Å². The number of nitrogens with one attached hydrogen (secondary N) is 1. The molecule has 19 heavy (non-hydrogen) atoms. The van der Waals surface area contributed by atoms with Crippen LogP contribution in [-0.4, -0.2) is 6.54 Å². The first-order valence-corrected chi connectivity index (χ1v) is 7.68. The molecule has 0 spiro atoms. The van der Waals surface area contributed by atoms with Crippen LogP contribution in [0, 0.1) is 12.7 Å². The summed E-state index contributed by atoms with van der Waals surface area (Å²) in [5.41, 5.74) is 1.81. The summed E-state index contributed by atoms with van der Waals surface area (Å²) in [7, 11) is 0. The lowest BCUT2D eigenvalue weighted by atomic mass is 9.98. The van der Waals surface area contributed by atoms with Crippen molar-refractivity contribution < 1.29 is 4.39 Å². The van der Waals surface area contributed by atoms with E-state index >= 15 is 0 Å². The van der Waals surface area contributed by atoms with Crippen LogP contribution in [0.4, 0.5) is 4.39 Å². The summed E-state index contributed by atoms with van der Waals surface area (Å²) < 4.78 is 14.0. The second-order valence-corrected chi connectivity index (χ2v) is 5.34. The first-order chi connectivity index (χ1) is 9.19. The first kappa shape index (κ1) is 16.2. The van der Waals surface area contributed by atoms with E-state index in [9.17, 15) is 4.39 Å². The van der Waals surface area contributed by atoms with Crippen LogP contribution in [0.5, 0.6) is 0 Å². The molecule has 2 heteroatoms. The summed E-state index contributed by atoms with van der Waals surface area (Å²) in [6, 6.07) is 5.73. The van der Waals surface area contributed by atoms with E-state index in [2.05, 4.69) is 19.2 Å². The van der Waals surface area contributed by atoms with Gasteiger partial charge in [0.05, 0.1) is 0 Å². The smallest absolute Gasteiger partial charge is 0.128 e. The second-order valence-electron chi connectivity index (χ2n) is 5.34. The van der Waals surface area contributed by atoms with E-state index in [-0.39, 0.29) is 11.9 Å². The fourth-order valence-corrected chi connectivity index (χ4v) is 2.48. The van der Waals surface area contributed by atoms with Gasteiger partial charge in [-0.05, 0) is 31.5 Å². The van der Waals surface area contributed by atoms with E-state index in [0.29, 0.717) is 0 Å². The van der Waals surface area contributed by atoms with Crippen molar-refractivity contribution >= 4 is 0 Å². The molecule has 108 valence electrons. The van der Waals surface area contributed by atoms with Crippen molar-refractivity contribution in [2.24, 2.45) is 0 Å². The number of halogens is 1. The molecule has 1 aromatic rings. The quantitative estimate of drug-likeness (QED) is 0.609. The Morgan fingerprint density at radius 3 is 2.47 bits per heavy atom. The Labute approximate surface area is 117 Å². The monoisotopic (exact) mass is 265 g/mol. The Balaban J connectivity index is 2.55. The average molecular weight is 265 g/mol. The molecule has 0 bridgehead atoms. The van der Waals surface area contributed by atoms with Gasteiger partial charge in [-0.2, -0.15) is 0 Å².